The molecule has 1 N–H and O–H groups in total. The number of oxime groups is 1. The standard InChI is InChI=1S/C17H16ClNO/c1-11-10-12(6-8-16(11)18)13-7-9-17(19-20)15-5-3-2-4-14(13)15/h2-6,8,10,13,20H,7,9H2,1H3/t13-/m1/s1. The number of nitrogens with zero attached hydrogens (tertiary/aromatic N) is 1. The normalized spacial score (nSPS) is 19.9. The minimum absolute atomic E-state index is 0.340. The van der Waals surface area contributed by atoms with Crippen molar-refractivity contribution in [3.8, 4) is 0 Å². The van der Waals surface area contributed by atoms with Gasteiger partial charge in [0.25, 0.3) is 0 Å². The van der Waals surface area contributed by atoms with Gasteiger partial charge >= 0.3 is 0 Å². The lowest BCUT2D eigenvalue weighted by Crippen LogP contribution is -2.17. The van der Waals surface area contributed by atoms with E-state index in [0.717, 1.165) is 34.7 Å². The molecule has 0 aliphatic heterocycles. The van der Waals surface area contributed by atoms with Crippen LogP contribution >= 0.6 is 11.6 Å². The van der Waals surface area contributed by atoms with E-state index in [2.05, 4.69) is 23.4 Å². The molecular weight excluding hydrogens is 270 g/mol. The lowest BCUT2D eigenvalue weighted by atomic mass is 9.78. The number of benzene rings is 2. The van der Waals surface area contributed by atoms with Crippen LogP contribution in [0.5, 0.6) is 0 Å². The third kappa shape index (κ3) is 2.20. The van der Waals surface area contributed by atoms with Gasteiger partial charge in [0.15, 0.2) is 0 Å². The van der Waals surface area contributed by atoms with Gasteiger partial charge in [-0.1, -0.05) is 53.2 Å². The van der Waals surface area contributed by atoms with Gasteiger partial charge in [-0.2, -0.15) is 0 Å². The van der Waals surface area contributed by atoms with Gasteiger partial charge in [0.05, 0.1) is 5.71 Å². The fourth-order valence-corrected chi connectivity index (χ4v) is 3.09. The number of fused-ring (bicyclic) bond motifs is 1. The number of rotatable bonds is 1. The fraction of sp³-hybridized carbons (Fsp3) is 0.235. The average Bonchev–Trinajstić information content (AvgIpc) is 2.49. The van der Waals surface area contributed by atoms with E-state index in [1.54, 1.807) is 0 Å². The summed E-state index contributed by atoms with van der Waals surface area (Å²) in [5.41, 5.74) is 5.44. The second-order valence-corrected chi connectivity index (χ2v) is 5.64. The Morgan fingerprint density at radius 3 is 2.75 bits per heavy atom. The van der Waals surface area contributed by atoms with E-state index in [-0.39, 0.29) is 0 Å². The molecule has 0 amide bonds. The molecule has 0 saturated heterocycles. The van der Waals surface area contributed by atoms with Crippen molar-refractivity contribution in [1.29, 1.82) is 0 Å². The Labute approximate surface area is 123 Å². The molecule has 20 heavy (non-hydrogen) atoms. The van der Waals surface area contributed by atoms with Crippen LogP contribution in [0.3, 0.4) is 0 Å². The van der Waals surface area contributed by atoms with Crippen molar-refractivity contribution in [3.05, 3.63) is 69.7 Å². The van der Waals surface area contributed by atoms with Gasteiger partial charge in [0.2, 0.25) is 0 Å². The Balaban J connectivity index is 2.09. The van der Waals surface area contributed by atoms with Crippen LogP contribution in [0.15, 0.2) is 47.6 Å². The van der Waals surface area contributed by atoms with Gasteiger partial charge in [-0.3, -0.25) is 0 Å². The van der Waals surface area contributed by atoms with Crippen molar-refractivity contribution in [3.63, 3.8) is 0 Å². The molecule has 2 nitrogen and oxygen atoms in total. The largest absolute Gasteiger partial charge is 0.411 e. The van der Waals surface area contributed by atoms with Gasteiger partial charge in [0.1, 0.15) is 0 Å². The van der Waals surface area contributed by atoms with Crippen LogP contribution in [0.2, 0.25) is 5.02 Å². The maximum atomic E-state index is 9.15. The second-order valence-electron chi connectivity index (χ2n) is 5.23. The van der Waals surface area contributed by atoms with Crippen LogP contribution in [0, 0.1) is 6.92 Å². The van der Waals surface area contributed by atoms with E-state index in [4.69, 9.17) is 16.8 Å². The predicted octanol–water partition coefficient (Wildman–Crippen LogP) is 4.75. The number of aryl methyl sites for hydroxylation is 1. The fourth-order valence-electron chi connectivity index (χ4n) is 2.97. The molecule has 0 unspecified atom stereocenters. The van der Waals surface area contributed by atoms with Gasteiger partial charge < -0.3 is 5.21 Å². The summed E-state index contributed by atoms with van der Waals surface area (Å²) in [5, 5.41) is 13.4. The zero-order valence-electron chi connectivity index (χ0n) is 11.3. The Bertz CT molecular complexity index is 678. The molecule has 1 atom stereocenters. The summed E-state index contributed by atoms with van der Waals surface area (Å²) in [7, 11) is 0. The Kier molecular flexibility index (Phi) is 3.49. The van der Waals surface area contributed by atoms with E-state index in [1.807, 2.05) is 31.2 Å². The van der Waals surface area contributed by atoms with Gasteiger partial charge in [-0.05, 0) is 42.5 Å². The average molecular weight is 286 g/mol. The monoisotopic (exact) mass is 285 g/mol. The second kappa shape index (κ2) is 5.29. The van der Waals surface area contributed by atoms with E-state index >= 15 is 0 Å². The number of halogens is 1. The van der Waals surface area contributed by atoms with Crippen molar-refractivity contribution < 1.29 is 5.21 Å². The molecule has 0 saturated carbocycles. The van der Waals surface area contributed by atoms with Crippen molar-refractivity contribution in [2.24, 2.45) is 5.16 Å². The highest BCUT2D eigenvalue weighted by Gasteiger charge is 2.25. The lowest BCUT2D eigenvalue weighted by molar-refractivity contribution is 0.317. The molecular formula is C17H16ClNO. The van der Waals surface area contributed by atoms with Crippen LogP contribution in [-0.2, 0) is 0 Å². The van der Waals surface area contributed by atoms with E-state index in [1.165, 1.54) is 11.1 Å². The summed E-state index contributed by atoms with van der Waals surface area (Å²) < 4.78 is 0. The quantitative estimate of drug-likeness (QED) is 0.595. The van der Waals surface area contributed by atoms with E-state index in [0.29, 0.717) is 5.92 Å². The van der Waals surface area contributed by atoms with Gasteiger partial charge in [0, 0.05) is 16.5 Å². The van der Waals surface area contributed by atoms with Crippen LogP contribution < -0.4 is 0 Å². The molecule has 0 bridgehead atoms. The van der Waals surface area contributed by atoms with Crippen molar-refractivity contribution in [1.82, 2.24) is 0 Å². The number of hydrogen-bond donors (Lipinski definition) is 1. The van der Waals surface area contributed by atoms with Crippen LogP contribution in [0.25, 0.3) is 0 Å². The molecule has 1 aliphatic rings. The predicted molar refractivity (Wildman–Crippen MR) is 82.0 cm³/mol. The van der Waals surface area contributed by atoms with Crippen molar-refractivity contribution >= 4 is 17.3 Å². The number of hydrogen-bond acceptors (Lipinski definition) is 2. The molecule has 3 rings (SSSR count). The maximum absolute atomic E-state index is 9.15. The molecule has 2 aromatic carbocycles. The van der Waals surface area contributed by atoms with E-state index in [9.17, 15) is 0 Å². The molecule has 102 valence electrons. The summed E-state index contributed by atoms with van der Waals surface area (Å²) in [6.45, 7) is 2.03. The molecule has 0 aromatic heterocycles. The molecule has 0 radical (unpaired) electrons. The minimum Gasteiger partial charge on any atom is -0.411 e. The highest BCUT2D eigenvalue weighted by molar-refractivity contribution is 6.31. The first-order valence-corrected chi connectivity index (χ1v) is 7.15. The molecule has 0 fully saturated rings. The zero-order chi connectivity index (χ0) is 14.1. The van der Waals surface area contributed by atoms with Gasteiger partial charge in [-0.15, -0.1) is 0 Å². The lowest BCUT2D eigenvalue weighted by Gasteiger charge is -2.26. The third-order valence-corrected chi connectivity index (χ3v) is 4.45. The first-order valence-electron chi connectivity index (χ1n) is 6.77. The van der Waals surface area contributed by atoms with Gasteiger partial charge in [-0.25, -0.2) is 0 Å². The van der Waals surface area contributed by atoms with Crippen LogP contribution in [0.1, 0.15) is 41.0 Å². The summed E-state index contributed by atoms with van der Waals surface area (Å²) >= 11 is 6.11. The summed E-state index contributed by atoms with van der Waals surface area (Å²) in [6.07, 6.45) is 1.75. The smallest absolute Gasteiger partial charge is 0.0871 e. The highest BCUT2D eigenvalue weighted by atomic mass is 35.5. The van der Waals surface area contributed by atoms with Crippen LogP contribution in [-0.4, -0.2) is 10.9 Å². The summed E-state index contributed by atoms with van der Waals surface area (Å²) in [4.78, 5) is 0. The van der Waals surface area contributed by atoms with E-state index < -0.39 is 0 Å². The van der Waals surface area contributed by atoms with Crippen LogP contribution in [0.4, 0.5) is 0 Å². The Morgan fingerprint density at radius 1 is 1.20 bits per heavy atom. The molecule has 2 aromatic rings. The Morgan fingerprint density at radius 2 is 2.00 bits per heavy atom. The summed E-state index contributed by atoms with van der Waals surface area (Å²) in [5.74, 6) is 0.340. The van der Waals surface area contributed by atoms with Crippen molar-refractivity contribution in [2.45, 2.75) is 25.7 Å². The highest BCUT2D eigenvalue weighted by Crippen LogP contribution is 2.37. The summed E-state index contributed by atoms with van der Waals surface area (Å²) in [6, 6.07) is 14.4. The molecule has 1 aliphatic carbocycles. The first-order chi connectivity index (χ1) is 9.70. The third-order valence-electron chi connectivity index (χ3n) is 4.02. The van der Waals surface area contributed by atoms with Crippen molar-refractivity contribution in [2.75, 3.05) is 0 Å². The Hall–Kier alpha value is -1.80. The zero-order valence-corrected chi connectivity index (χ0v) is 12.1. The molecule has 0 spiro atoms. The molecule has 0 heterocycles. The first kappa shape index (κ1) is 13.2. The molecule has 3 heteroatoms. The minimum atomic E-state index is 0.340. The topological polar surface area (TPSA) is 32.6 Å². The SMILES string of the molecule is Cc1cc([C@H]2CCC(=NO)c3ccccc32)ccc1Cl. The maximum Gasteiger partial charge on any atom is 0.0871 e.